The molecular weight excluding hydrogens is 509 g/mol. The maximum atomic E-state index is 14.9. The Balaban J connectivity index is 1.15. The Bertz CT molecular complexity index is 1510. The van der Waals surface area contributed by atoms with Crippen LogP contribution in [0.25, 0.3) is 22.4 Å². The standard InChI is InChI=1S/C29H36FN9O/c1-18-14-37(8-9-38(18)22-16-40-17-22)15-20-6-7-25(31-11-20)35-28-33-13-23(30)26(36-28)21-10-24-27(32-12-21)34-19(2)39(24)29(3,4)5/h6-7,10-13,18,22H,8-9,14-17H2,1-5H3,(H,31,33,35,36)/t18-/m0/s1. The molecule has 40 heavy (non-hydrogen) atoms. The Hall–Kier alpha value is -3.54. The second kappa shape index (κ2) is 10.5. The molecule has 0 bridgehead atoms. The van der Waals surface area contributed by atoms with Crippen LogP contribution in [0, 0.1) is 12.7 Å². The largest absolute Gasteiger partial charge is 0.378 e. The molecule has 0 amide bonds. The average Bonchev–Trinajstić information content (AvgIpc) is 3.22. The van der Waals surface area contributed by atoms with E-state index in [1.54, 1.807) is 6.20 Å². The van der Waals surface area contributed by atoms with Crippen LogP contribution in [-0.4, -0.2) is 84.2 Å². The molecular formula is C29H36FN9O. The lowest BCUT2D eigenvalue weighted by molar-refractivity contribution is -0.0940. The molecule has 210 valence electrons. The van der Waals surface area contributed by atoms with Gasteiger partial charge in [-0.15, -0.1) is 0 Å². The summed E-state index contributed by atoms with van der Waals surface area (Å²) in [4.78, 5) is 27.3. The predicted octanol–water partition coefficient (Wildman–Crippen LogP) is 4.13. The van der Waals surface area contributed by atoms with Crippen LogP contribution < -0.4 is 5.32 Å². The van der Waals surface area contributed by atoms with E-state index in [2.05, 4.69) is 78.4 Å². The number of ether oxygens (including phenoxy) is 1. The summed E-state index contributed by atoms with van der Waals surface area (Å²) in [6.07, 6.45) is 4.65. The van der Waals surface area contributed by atoms with Crippen LogP contribution in [0.3, 0.4) is 0 Å². The maximum Gasteiger partial charge on any atom is 0.229 e. The first-order valence-corrected chi connectivity index (χ1v) is 13.8. The summed E-state index contributed by atoms with van der Waals surface area (Å²) < 4.78 is 22.4. The average molecular weight is 546 g/mol. The van der Waals surface area contributed by atoms with Crippen molar-refractivity contribution in [2.75, 3.05) is 38.2 Å². The minimum Gasteiger partial charge on any atom is -0.378 e. The Labute approximate surface area is 233 Å². The number of aromatic nitrogens is 6. The molecule has 10 nitrogen and oxygen atoms in total. The summed E-state index contributed by atoms with van der Waals surface area (Å²) >= 11 is 0. The van der Waals surface area contributed by atoms with E-state index in [1.807, 2.05) is 25.3 Å². The minimum atomic E-state index is -0.521. The van der Waals surface area contributed by atoms with Crippen LogP contribution in [0.1, 0.15) is 39.1 Å². The molecule has 2 fully saturated rings. The molecule has 1 atom stereocenters. The van der Waals surface area contributed by atoms with E-state index in [0.29, 0.717) is 29.1 Å². The Morgan fingerprint density at radius 1 is 1.05 bits per heavy atom. The summed E-state index contributed by atoms with van der Waals surface area (Å²) in [5, 5.41) is 3.12. The van der Waals surface area contributed by atoms with Gasteiger partial charge in [0.05, 0.1) is 31.0 Å². The second-order valence-electron chi connectivity index (χ2n) is 11.8. The molecule has 0 unspecified atom stereocenters. The highest BCUT2D eigenvalue weighted by molar-refractivity contribution is 5.78. The van der Waals surface area contributed by atoms with Crippen LogP contribution in [-0.2, 0) is 16.8 Å². The lowest BCUT2D eigenvalue weighted by atomic mass is 10.1. The summed E-state index contributed by atoms with van der Waals surface area (Å²) in [5.41, 5.74) is 3.13. The SMILES string of the molecule is Cc1nc2ncc(-c3nc(Nc4ccc(CN5CCN(C6COC6)[C@@H](C)C5)cn4)ncc3F)cc2n1C(C)(C)C. The normalized spacial score (nSPS) is 19.2. The van der Waals surface area contributed by atoms with Gasteiger partial charge in [-0.25, -0.2) is 29.3 Å². The van der Waals surface area contributed by atoms with Gasteiger partial charge in [0.25, 0.3) is 0 Å². The van der Waals surface area contributed by atoms with Crippen molar-refractivity contribution in [2.24, 2.45) is 0 Å². The van der Waals surface area contributed by atoms with Crippen molar-refractivity contribution in [3.63, 3.8) is 0 Å². The highest BCUT2D eigenvalue weighted by Gasteiger charge is 2.33. The molecule has 11 heteroatoms. The number of hydrogen-bond acceptors (Lipinski definition) is 9. The molecule has 0 aromatic carbocycles. The van der Waals surface area contributed by atoms with Crippen molar-refractivity contribution >= 4 is 22.9 Å². The van der Waals surface area contributed by atoms with E-state index in [0.717, 1.165) is 56.3 Å². The Morgan fingerprint density at radius 3 is 2.55 bits per heavy atom. The van der Waals surface area contributed by atoms with Gasteiger partial charge in [0.15, 0.2) is 11.5 Å². The van der Waals surface area contributed by atoms with E-state index < -0.39 is 5.82 Å². The molecule has 4 aromatic heterocycles. The summed E-state index contributed by atoms with van der Waals surface area (Å²) in [6, 6.07) is 6.94. The molecule has 0 radical (unpaired) electrons. The number of aryl methyl sites for hydroxylation is 1. The molecule has 6 heterocycles. The van der Waals surface area contributed by atoms with Gasteiger partial charge in [0.2, 0.25) is 5.95 Å². The van der Waals surface area contributed by atoms with Crippen molar-refractivity contribution in [1.29, 1.82) is 0 Å². The highest BCUT2D eigenvalue weighted by atomic mass is 19.1. The van der Waals surface area contributed by atoms with Gasteiger partial charge in [-0.3, -0.25) is 9.80 Å². The van der Waals surface area contributed by atoms with Crippen LogP contribution in [0.2, 0.25) is 0 Å². The van der Waals surface area contributed by atoms with E-state index >= 15 is 0 Å². The number of rotatable bonds is 6. The molecule has 6 rings (SSSR count). The van der Waals surface area contributed by atoms with E-state index in [4.69, 9.17) is 4.74 Å². The Kier molecular flexibility index (Phi) is 6.97. The third-order valence-corrected chi connectivity index (χ3v) is 7.69. The van der Waals surface area contributed by atoms with Crippen molar-refractivity contribution < 1.29 is 9.13 Å². The van der Waals surface area contributed by atoms with Crippen LogP contribution in [0.15, 0.2) is 36.8 Å². The molecule has 2 aliphatic heterocycles. The predicted molar refractivity (Wildman–Crippen MR) is 152 cm³/mol. The molecule has 4 aromatic rings. The number of anilines is 2. The number of fused-ring (bicyclic) bond motifs is 1. The molecule has 0 saturated carbocycles. The fourth-order valence-electron chi connectivity index (χ4n) is 5.79. The second-order valence-corrected chi connectivity index (χ2v) is 11.8. The first kappa shape index (κ1) is 26.7. The number of nitrogens with one attached hydrogen (secondary N) is 1. The van der Waals surface area contributed by atoms with Gasteiger partial charge in [-0.1, -0.05) is 6.07 Å². The van der Waals surface area contributed by atoms with Crippen molar-refractivity contribution in [1.82, 2.24) is 39.3 Å². The number of hydrogen-bond donors (Lipinski definition) is 1. The first-order chi connectivity index (χ1) is 19.2. The molecule has 1 N–H and O–H groups in total. The Morgan fingerprint density at radius 2 is 1.88 bits per heavy atom. The number of nitrogens with zero attached hydrogens (tertiary/aromatic N) is 8. The van der Waals surface area contributed by atoms with Crippen LogP contribution >= 0.6 is 0 Å². The lowest BCUT2D eigenvalue weighted by Crippen LogP contribution is -2.60. The number of imidazole rings is 1. The molecule has 2 aliphatic rings. The highest BCUT2D eigenvalue weighted by Crippen LogP contribution is 2.29. The molecule has 0 spiro atoms. The van der Waals surface area contributed by atoms with E-state index in [-0.39, 0.29) is 17.2 Å². The van der Waals surface area contributed by atoms with Crippen LogP contribution in [0.4, 0.5) is 16.2 Å². The van der Waals surface area contributed by atoms with Gasteiger partial charge < -0.3 is 14.6 Å². The lowest BCUT2D eigenvalue weighted by Gasteiger charge is -2.46. The van der Waals surface area contributed by atoms with Gasteiger partial charge >= 0.3 is 0 Å². The van der Waals surface area contributed by atoms with Crippen molar-refractivity contribution in [2.45, 2.75) is 58.8 Å². The summed E-state index contributed by atoms with van der Waals surface area (Å²) in [6.45, 7) is 16.2. The fourth-order valence-corrected chi connectivity index (χ4v) is 5.79. The minimum absolute atomic E-state index is 0.171. The zero-order chi connectivity index (χ0) is 28.0. The zero-order valence-corrected chi connectivity index (χ0v) is 23.7. The number of pyridine rings is 2. The third kappa shape index (κ3) is 5.28. The van der Waals surface area contributed by atoms with E-state index in [9.17, 15) is 4.39 Å². The quantitative estimate of drug-likeness (QED) is 0.384. The number of piperazine rings is 1. The van der Waals surface area contributed by atoms with E-state index in [1.165, 1.54) is 6.20 Å². The van der Waals surface area contributed by atoms with Gasteiger partial charge in [0.1, 0.15) is 17.3 Å². The van der Waals surface area contributed by atoms with Gasteiger partial charge in [-0.2, -0.15) is 0 Å². The first-order valence-electron chi connectivity index (χ1n) is 13.8. The third-order valence-electron chi connectivity index (χ3n) is 7.69. The smallest absolute Gasteiger partial charge is 0.229 e. The van der Waals surface area contributed by atoms with Crippen molar-refractivity contribution in [3.05, 3.63) is 54.0 Å². The van der Waals surface area contributed by atoms with Crippen LogP contribution in [0.5, 0.6) is 0 Å². The van der Waals surface area contributed by atoms with Crippen molar-refractivity contribution in [3.8, 4) is 11.3 Å². The molecule has 0 aliphatic carbocycles. The maximum absolute atomic E-state index is 14.9. The topological polar surface area (TPSA) is 97.1 Å². The summed E-state index contributed by atoms with van der Waals surface area (Å²) in [5.74, 6) is 1.20. The fraction of sp³-hybridized carbons (Fsp3) is 0.483. The monoisotopic (exact) mass is 545 g/mol. The van der Waals surface area contributed by atoms with Gasteiger partial charge in [-0.05, 0) is 52.3 Å². The summed E-state index contributed by atoms with van der Waals surface area (Å²) in [7, 11) is 0. The zero-order valence-electron chi connectivity index (χ0n) is 23.7. The number of halogens is 1. The molecule has 2 saturated heterocycles. The van der Waals surface area contributed by atoms with Gasteiger partial charge in [0, 0.05) is 55.7 Å².